The highest BCUT2D eigenvalue weighted by atomic mass is 35.5. The summed E-state index contributed by atoms with van der Waals surface area (Å²) < 4.78 is 61.1. The van der Waals surface area contributed by atoms with Gasteiger partial charge in [0.25, 0.3) is 0 Å². The summed E-state index contributed by atoms with van der Waals surface area (Å²) in [6, 6.07) is 2.31. The maximum atomic E-state index is 12.1. The average molecular weight is 351 g/mol. The fraction of sp³-hybridized carbons (Fsp3) is 0.400. The van der Waals surface area contributed by atoms with Crippen LogP contribution in [0.4, 0.5) is 18.9 Å². The average Bonchev–Trinajstić information content (AvgIpc) is 2.31. The quantitative estimate of drug-likeness (QED) is 0.848. The van der Waals surface area contributed by atoms with Crippen LogP contribution in [0.25, 0.3) is 0 Å². The summed E-state index contributed by atoms with van der Waals surface area (Å²) in [4.78, 5) is -0.384. The number of alkyl halides is 3. The van der Waals surface area contributed by atoms with Crippen molar-refractivity contribution in [3.8, 4) is 0 Å². The van der Waals surface area contributed by atoms with Gasteiger partial charge in [0, 0.05) is 13.6 Å². The molecule has 0 heterocycles. The van der Waals surface area contributed by atoms with E-state index in [9.17, 15) is 21.6 Å². The molecule has 0 fully saturated rings. The van der Waals surface area contributed by atoms with Crippen LogP contribution in [0, 0.1) is 0 Å². The molecule has 0 atom stereocenters. The summed E-state index contributed by atoms with van der Waals surface area (Å²) in [6.45, 7) is -0.718. The number of hydrogen-bond acceptors (Lipinski definition) is 3. The predicted molar refractivity (Wildman–Crippen MR) is 71.4 cm³/mol. The molecule has 0 aliphatic carbocycles. The van der Waals surface area contributed by atoms with E-state index < -0.39 is 29.2 Å². The number of anilines is 1. The van der Waals surface area contributed by atoms with E-state index >= 15 is 0 Å². The Morgan fingerprint density at radius 3 is 2.35 bits per heavy atom. The highest BCUT2D eigenvalue weighted by Crippen LogP contribution is 2.34. The summed E-state index contributed by atoms with van der Waals surface area (Å²) in [5.41, 5.74) is 5.36. The van der Waals surface area contributed by atoms with Crippen molar-refractivity contribution in [3.05, 3.63) is 22.2 Å². The monoisotopic (exact) mass is 350 g/mol. The molecule has 0 spiro atoms. The number of nitrogens with zero attached hydrogens (tertiary/aromatic N) is 1. The third-order valence-electron chi connectivity index (χ3n) is 2.49. The second-order valence-electron chi connectivity index (χ2n) is 3.96. The Hall–Kier alpha value is -0.700. The lowest BCUT2D eigenvalue weighted by Crippen LogP contribution is -2.31. The third kappa shape index (κ3) is 3.91. The van der Waals surface area contributed by atoms with Crippen molar-refractivity contribution in [2.24, 2.45) is 0 Å². The van der Waals surface area contributed by atoms with Crippen molar-refractivity contribution in [3.63, 3.8) is 0 Å². The van der Waals surface area contributed by atoms with Crippen molar-refractivity contribution < 1.29 is 21.6 Å². The van der Waals surface area contributed by atoms with Gasteiger partial charge in [-0.15, -0.1) is 0 Å². The van der Waals surface area contributed by atoms with Gasteiger partial charge in [-0.1, -0.05) is 23.2 Å². The molecule has 4 nitrogen and oxygen atoms in total. The molecule has 0 aliphatic rings. The van der Waals surface area contributed by atoms with E-state index in [0.717, 1.165) is 13.1 Å². The number of nitrogens with two attached hydrogens (primary N) is 1. The Labute approximate surface area is 124 Å². The largest absolute Gasteiger partial charge is 0.396 e. The molecule has 2 N–H and O–H groups in total. The van der Waals surface area contributed by atoms with Gasteiger partial charge in [0.05, 0.1) is 22.2 Å². The molecule has 0 radical (unpaired) electrons. The summed E-state index contributed by atoms with van der Waals surface area (Å²) in [5, 5.41) is -0.247. The number of hydrogen-bond donors (Lipinski definition) is 1. The topological polar surface area (TPSA) is 63.4 Å². The molecule has 0 saturated heterocycles. The smallest absolute Gasteiger partial charge is 0.390 e. The zero-order valence-corrected chi connectivity index (χ0v) is 12.5. The number of halogens is 5. The molecule has 1 aromatic rings. The molecule has 0 unspecified atom stereocenters. The number of benzene rings is 1. The van der Waals surface area contributed by atoms with Gasteiger partial charge >= 0.3 is 6.18 Å². The first kappa shape index (κ1) is 17.4. The highest BCUT2D eigenvalue weighted by Gasteiger charge is 2.31. The lowest BCUT2D eigenvalue weighted by molar-refractivity contribution is -0.135. The van der Waals surface area contributed by atoms with Crippen molar-refractivity contribution in [2.45, 2.75) is 17.5 Å². The minimum Gasteiger partial charge on any atom is -0.396 e. The molecule has 0 aliphatic heterocycles. The Bertz CT molecular complexity index is 605. The van der Waals surface area contributed by atoms with Gasteiger partial charge in [0.15, 0.2) is 0 Å². The molecule has 0 aromatic heterocycles. The zero-order valence-electron chi connectivity index (χ0n) is 10.2. The third-order valence-corrected chi connectivity index (χ3v) is 5.24. The van der Waals surface area contributed by atoms with Crippen molar-refractivity contribution in [2.75, 3.05) is 19.3 Å². The van der Waals surface area contributed by atoms with Gasteiger partial charge in [-0.2, -0.15) is 13.2 Å². The number of nitrogen functional groups attached to an aromatic ring is 1. The second kappa shape index (κ2) is 5.97. The Morgan fingerprint density at radius 1 is 1.30 bits per heavy atom. The zero-order chi connectivity index (χ0) is 15.7. The minimum absolute atomic E-state index is 0.0619. The van der Waals surface area contributed by atoms with E-state index in [2.05, 4.69) is 0 Å². The van der Waals surface area contributed by atoms with E-state index in [1.54, 1.807) is 0 Å². The molecule has 1 aromatic carbocycles. The van der Waals surface area contributed by atoms with Crippen LogP contribution in [0.1, 0.15) is 6.42 Å². The first-order valence-corrected chi connectivity index (χ1v) is 7.43. The van der Waals surface area contributed by atoms with Gasteiger partial charge in [-0.05, 0) is 12.1 Å². The van der Waals surface area contributed by atoms with Crippen molar-refractivity contribution in [1.82, 2.24) is 4.31 Å². The number of sulfonamides is 1. The van der Waals surface area contributed by atoms with E-state index in [4.69, 9.17) is 28.9 Å². The van der Waals surface area contributed by atoms with Crippen LogP contribution < -0.4 is 5.73 Å². The first-order chi connectivity index (χ1) is 8.97. The van der Waals surface area contributed by atoms with Gasteiger partial charge in [-0.3, -0.25) is 0 Å². The van der Waals surface area contributed by atoms with E-state index in [0.29, 0.717) is 4.31 Å². The van der Waals surface area contributed by atoms with Crippen LogP contribution in [0.15, 0.2) is 17.0 Å². The predicted octanol–water partition coefficient (Wildman–Crippen LogP) is 3.15. The van der Waals surface area contributed by atoms with E-state index in [-0.39, 0.29) is 20.6 Å². The van der Waals surface area contributed by atoms with Crippen LogP contribution >= 0.6 is 23.2 Å². The normalized spacial score (nSPS) is 12.9. The van der Waals surface area contributed by atoms with Gasteiger partial charge in [0.1, 0.15) is 4.90 Å². The maximum Gasteiger partial charge on any atom is 0.390 e. The van der Waals surface area contributed by atoms with Crippen LogP contribution in [0.2, 0.25) is 10.0 Å². The molecule has 0 bridgehead atoms. The molecule has 0 amide bonds. The summed E-state index contributed by atoms with van der Waals surface area (Å²) in [5.74, 6) is 0. The Morgan fingerprint density at radius 2 is 1.85 bits per heavy atom. The molecule has 0 saturated carbocycles. The second-order valence-corrected chi connectivity index (χ2v) is 6.76. The van der Waals surface area contributed by atoms with Gasteiger partial charge < -0.3 is 5.73 Å². The summed E-state index contributed by atoms with van der Waals surface area (Å²) in [6.07, 6.45) is -5.71. The molecule has 20 heavy (non-hydrogen) atoms. The lowest BCUT2D eigenvalue weighted by Gasteiger charge is -2.19. The van der Waals surface area contributed by atoms with Crippen LogP contribution in [-0.2, 0) is 10.0 Å². The fourth-order valence-corrected chi connectivity index (χ4v) is 3.23. The standard InChI is InChI=1S/C10H11Cl2F3N2O2S/c1-17(5-4-10(13,14)15)20(18,19)7-3-2-6(11)9(16)8(7)12/h2-3H,4-5,16H2,1H3. The van der Waals surface area contributed by atoms with Crippen LogP contribution in [0.3, 0.4) is 0 Å². The van der Waals surface area contributed by atoms with Crippen molar-refractivity contribution >= 4 is 38.9 Å². The SMILES string of the molecule is CN(CCC(F)(F)F)S(=O)(=O)c1ccc(Cl)c(N)c1Cl. The van der Waals surface area contributed by atoms with E-state index in [1.165, 1.54) is 6.07 Å². The van der Waals surface area contributed by atoms with Crippen LogP contribution in [-0.4, -0.2) is 32.5 Å². The maximum absolute atomic E-state index is 12.1. The summed E-state index contributed by atoms with van der Waals surface area (Å²) in [7, 11) is -3.14. The molecular formula is C10H11Cl2F3N2O2S. The summed E-state index contributed by atoms with van der Waals surface area (Å²) >= 11 is 11.4. The van der Waals surface area contributed by atoms with Gasteiger partial charge in [-0.25, -0.2) is 12.7 Å². The minimum atomic E-state index is -4.45. The first-order valence-electron chi connectivity index (χ1n) is 5.23. The molecule has 114 valence electrons. The molecule has 10 heteroatoms. The fourth-order valence-electron chi connectivity index (χ4n) is 1.32. The van der Waals surface area contributed by atoms with E-state index in [1.807, 2.05) is 0 Å². The van der Waals surface area contributed by atoms with Crippen LogP contribution in [0.5, 0.6) is 0 Å². The van der Waals surface area contributed by atoms with Crippen molar-refractivity contribution in [1.29, 1.82) is 0 Å². The lowest BCUT2D eigenvalue weighted by atomic mass is 10.3. The molecule has 1 rings (SSSR count). The Kier molecular flexibility index (Phi) is 5.18. The highest BCUT2D eigenvalue weighted by molar-refractivity contribution is 7.89. The number of rotatable bonds is 4. The molecular weight excluding hydrogens is 340 g/mol. The van der Waals surface area contributed by atoms with Gasteiger partial charge in [0.2, 0.25) is 10.0 Å². The Balaban J connectivity index is 3.08.